The lowest BCUT2D eigenvalue weighted by Gasteiger charge is -1.95. The second kappa shape index (κ2) is 5.48. The number of pyridine rings is 1. The minimum Gasteiger partial charge on any atom is -0.332 e. The van der Waals surface area contributed by atoms with Crippen LogP contribution < -0.4 is 5.73 Å². The highest BCUT2D eigenvalue weighted by Gasteiger charge is 2.14. The van der Waals surface area contributed by atoms with Gasteiger partial charge in [-0.15, -0.1) is 11.3 Å². The molecule has 20 heavy (non-hydrogen) atoms. The van der Waals surface area contributed by atoms with Gasteiger partial charge in [0.2, 0.25) is 0 Å². The Kier molecular flexibility index (Phi) is 3.53. The van der Waals surface area contributed by atoms with Crippen LogP contribution in [0.5, 0.6) is 0 Å². The normalized spacial score (nSPS) is 12.5. The smallest absolute Gasteiger partial charge is 0.277 e. The average Bonchev–Trinajstić information content (AvgIpc) is 3.08. The van der Waals surface area contributed by atoms with Crippen LogP contribution in [0.25, 0.3) is 11.6 Å². The fourth-order valence-corrected chi connectivity index (χ4v) is 2.44. The molecule has 0 aliphatic rings. The summed E-state index contributed by atoms with van der Waals surface area (Å²) in [6, 6.07) is 5.63. The van der Waals surface area contributed by atoms with E-state index in [1.807, 2.05) is 30.5 Å². The number of nitrogens with zero attached hydrogens (tertiary/aromatic N) is 4. The van der Waals surface area contributed by atoms with Gasteiger partial charge < -0.3 is 10.3 Å². The molecule has 0 saturated heterocycles. The number of rotatable bonds is 4. The van der Waals surface area contributed by atoms with Crippen LogP contribution in [0.15, 0.2) is 34.3 Å². The van der Waals surface area contributed by atoms with E-state index in [2.05, 4.69) is 20.1 Å². The molecule has 0 spiro atoms. The van der Waals surface area contributed by atoms with E-state index in [4.69, 9.17) is 10.3 Å². The fourth-order valence-electron chi connectivity index (χ4n) is 1.69. The summed E-state index contributed by atoms with van der Waals surface area (Å²) < 4.78 is 5.23. The molecule has 0 bridgehead atoms. The summed E-state index contributed by atoms with van der Waals surface area (Å²) in [5.41, 5.74) is 7.35. The molecular formula is C13H13N5OS. The van der Waals surface area contributed by atoms with E-state index >= 15 is 0 Å². The maximum atomic E-state index is 5.79. The van der Waals surface area contributed by atoms with Gasteiger partial charge in [-0.2, -0.15) is 4.98 Å². The van der Waals surface area contributed by atoms with Gasteiger partial charge in [0.25, 0.3) is 5.89 Å². The maximum Gasteiger partial charge on any atom is 0.277 e. The minimum absolute atomic E-state index is 0.0929. The molecule has 3 aromatic heterocycles. The van der Waals surface area contributed by atoms with E-state index in [9.17, 15) is 0 Å². The number of thiazole rings is 1. The Morgan fingerprint density at radius 3 is 2.95 bits per heavy atom. The van der Waals surface area contributed by atoms with Gasteiger partial charge in [-0.25, -0.2) is 4.98 Å². The summed E-state index contributed by atoms with van der Waals surface area (Å²) in [6.07, 6.45) is 2.28. The Hall–Kier alpha value is -2.12. The van der Waals surface area contributed by atoms with E-state index in [0.29, 0.717) is 23.8 Å². The summed E-state index contributed by atoms with van der Waals surface area (Å²) in [5.74, 6) is 1.01. The first-order chi connectivity index (χ1) is 9.72. The first kappa shape index (κ1) is 12.9. The van der Waals surface area contributed by atoms with Crippen molar-refractivity contribution in [1.82, 2.24) is 20.1 Å². The second-order valence-corrected chi connectivity index (χ2v) is 5.26. The third kappa shape index (κ3) is 2.73. The van der Waals surface area contributed by atoms with E-state index in [-0.39, 0.29) is 6.04 Å². The van der Waals surface area contributed by atoms with Crippen LogP contribution in [0.4, 0.5) is 0 Å². The molecule has 2 N–H and O–H groups in total. The van der Waals surface area contributed by atoms with Crippen molar-refractivity contribution in [3.8, 4) is 11.6 Å². The zero-order valence-corrected chi connectivity index (χ0v) is 11.7. The molecule has 1 atom stereocenters. The third-order valence-electron chi connectivity index (χ3n) is 2.66. The molecule has 3 rings (SSSR count). The molecule has 3 aromatic rings. The Morgan fingerprint density at radius 2 is 2.25 bits per heavy atom. The maximum absolute atomic E-state index is 5.79. The lowest BCUT2D eigenvalue weighted by Crippen LogP contribution is -2.03. The van der Waals surface area contributed by atoms with Gasteiger partial charge >= 0.3 is 0 Å². The van der Waals surface area contributed by atoms with Crippen LogP contribution in [0.1, 0.15) is 29.5 Å². The monoisotopic (exact) mass is 287 g/mol. The van der Waals surface area contributed by atoms with E-state index in [0.717, 1.165) is 10.7 Å². The minimum atomic E-state index is -0.0929. The van der Waals surface area contributed by atoms with Crippen molar-refractivity contribution >= 4 is 11.3 Å². The summed E-state index contributed by atoms with van der Waals surface area (Å²) in [6.45, 7) is 1.89. The molecule has 7 heteroatoms. The zero-order chi connectivity index (χ0) is 13.9. The molecule has 3 heterocycles. The van der Waals surface area contributed by atoms with E-state index in [1.54, 1.807) is 6.20 Å². The van der Waals surface area contributed by atoms with E-state index in [1.165, 1.54) is 11.3 Å². The molecule has 0 aliphatic carbocycles. The topological polar surface area (TPSA) is 90.7 Å². The van der Waals surface area contributed by atoms with Crippen molar-refractivity contribution in [2.45, 2.75) is 19.4 Å². The Morgan fingerprint density at radius 1 is 1.35 bits per heavy atom. The van der Waals surface area contributed by atoms with Crippen molar-refractivity contribution in [2.75, 3.05) is 0 Å². The van der Waals surface area contributed by atoms with Crippen LogP contribution >= 0.6 is 11.3 Å². The van der Waals surface area contributed by atoms with Crippen LogP contribution in [-0.4, -0.2) is 20.1 Å². The van der Waals surface area contributed by atoms with Gasteiger partial charge in [-0.05, 0) is 19.1 Å². The lowest BCUT2D eigenvalue weighted by atomic mass is 10.2. The summed E-state index contributed by atoms with van der Waals surface area (Å²) in [7, 11) is 0. The van der Waals surface area contributed by atoms with Crippen LogP contribution in [0, 0.1) is 0 Å². The van der Waals surface area contributed by atoms with Crippen molar-refractivity contribution in [3.05, 3.63) is 46.3 Å². The van der Waals surface area contributed by atoms with Crippen LogP contribution in [-0.2, 0) is 6.42 Å². The molecule has 0 fully saturated rings. The van der Waals surface area contributed by atoms with Crippen LogP contribution in [0.3, 0.4) is 0 Å². The summed E-state index contributed by atoms with van der Waals surface area (Å²) in [5, 5.41) is 6.67. The van der Waals surface area contributed by atoms with Gasteiger partial charge in [0.05, 0.1) is 12.5 Å². The quantitative estimate of drug-likeness (QED) is 0.791. The molecule has 0 saturated carbocycles. The highest BCUT2D eigenvalue weighted by molar-refractivity contribution is 7.10. The molecule has 1 unspecified atom stereocenters. The first-order valence-corrected chi connectivity index (χ1v) is 7.04. The molecule has 102 valence electrons. The third-order valence-corrected chi connectivity index (χ3v) is 3.71. The average molecular weight is 287 g/mol. The van der Waals surface area contributed by atoms with Gasteiger partial charge in [0.15, 0.2) is 5.82 Å². The highest BCUT2D eigenvalue weighted by Crippen LogP contribution is 2.23. The molecular weight excluding hydrogens is 274 g/mol. The molecule has 0 aliphatic heterocycles. The predicted molar refractivity (Wildman–Crippen MR) is 75.1 cm³/mol. The predicted octanol–water partition coefficient (Wildman–Crippen LogP) is 2.20. The number of hydrogen-bond acceptors (Lipinski definition) is 7. The van der Waals surface area contributed by atoms with Crippen molar-refractivity contribution in [2.24, 2.45) is 5.73 Å². The highest BCUT2D eigenvalue weighted by atomic mass is 32.1. The van der Waals surface area contributed by atoms with Crippen molar-refractivity contribution in [3.63, 3.8) is 0 Å². The van der Waals surface area contributed by atoms with Gasteiger partial charge in [0.1, 0.15) is 10.7 Å². The fraction of sp³-hybridized carbons (Fsp3) is 0.231. The molecule has 0 radical (unpaired) electrons. The molecule has 0 amide bonds. The van der Waals surface area contributed by atoms with Gasteiger partial charge in [-0.3, -0.25) is 4.98 Å². The Balaban J connectivity index is 1.79. The second-order valence-electron chi connectivity index (χ2n) is 4.37. The largest absolute Gasteiger partial charge is 0.332 e. The standard InChI is InChI=1S/C13H13N5OS/c1-8(14)13-16-10(7-20-13)12-17-11(18-19-12)6-9-4-2-3-5-15-9/h2-5,7-8H,6,14H2,1H3. The number of aromatic nitrogens is 4. The molecule has 6 nitrogen and oxygen atoms in total. The van der Waals surface area contributed by atoms with Crippen LogP contribution in [0.2, 0.25) is 0 Å². The summed E-state index contributed by atoms with van der Waals surface area (Å²) in [4.78, 5) is 12.9. The molecule has 0 aromatic carbocycles. The summed E-state index contributed by atoms with van der Waals surface area (Å²) >= 11 is 1.49. The lowest BCUT2D eigenvalue weighted by molar-refractivity contribution is 0.422. The Labute approximate surface area is 119 Å². The van der Waals surface area contributed by atoms with Gasteiger partial charge in [-0.1, -0.05) is 11.2 Å². The van der Waals surface area contributed by atoms with Crippen molar-refractivity contribution in [1.29, 1.82) is 0 Å². The SMILES string of the molecule is CC(N)c1nc(-c2nc(Cc3ccccn3)no2)cs1. The zero-order valence-electron chi connectivity index (χ0n) is 10.9. The van der Waals surface area contributed by atoms with E-state index < -0.39 is 0 Å². The number of nitrogens with two attached hydrogens (primary N) is 1. The first-order valence-electron chi connectivity index (χ1n) is 6.16. The number of hydrogen-bond donors (Lipinski definition) is 1. The van der Waals surface area contributed by atoms with Crippen molar-refractivity contribution < 1.29 is 4.52 Å². The van der Waals surface area contributed by atoms with Gasteiger partial charge in [0, 0.05) is 17.3 Å². The Bertz CT molecular complexity index is 692.